The summed E-state index contributed by atoms with van der Waals surface area (Å²) in [7, 11) is 0. The van der Waals surface area contributed by atoms with Crippen LogP contribution in [0.5, 0.6) is 0 Å². The minimum Gasteiger partial charge on any atom is -0.481 e. The molecule has 0 aromatic carbocycles. The van der Waals surface area contributed by atoms with Crippen molar-refractivity contribution in [3.63, 3.8) is 0 Å². The molecule has 0 bridgehead atoms. The number of aliphatic imine (C=N–C) groups is 1. The average molecular weight is 160 g/mol. The standard InChI is InChI=1S/C5H8N2O2S/c6-5-7-3(2-10-5)1-4(8)9/h3H,1-2H2,(H2,6,7)(H,8,9). The molecule has 1 heterocycles. The second kappa shape index (κ2) is 2.92. The molecule has 0 aromatic rings. The van der Waals surface area contributed by atoms with Gasteiger partial charge in [-0.15, -0.1) is 0 Å². The Labute approximate surface area is 62.5 Å². The van der Waals surface area contributed by atoms with Crippen molar-refractivity contribution in [1.29, 1.82) is 0 Å². The third-order valence-corrected chi connectivity index (χ3v) is 2.10. The van der Waals surface area contributed by atoms with Gasteiger partial charge in [0.15, 0.2) is 5.17 Å². The lowest BCUT2D eigenvalue weighted by atomic mass is 10.2. The van der Waals surface area contributed by atoms with E-state index in [0.29, 0.717) is 10.9 Å². The molecule has 0 radical (unpaired) electrons. The average Bonchev–Trinajstić information content (AvgIpc) is 2.13. The Balaban J connectivity index is 2.38. The minimum atomic E-state index is -0.816. The zero-order chi connectivity index (χ0) is 7.56. The molecule has 1 aliphatic rings. The van der Waals surface area contributed by atoms with Gasteiger partial charge in [0.05, 0.1) is 12.5 Å². The predicted octanol–water partition coefficient (Wildman–Crippen LogP) is -0.109. The summed E-state index contributed by atoms with van der Waals surface area (Å²) in [5, 5.41) is 8.85. The first-order chi connectivity index (χ1) is 4.68. The molecule has 0 aliphatic carbocycles. The predicted molar refractivity (Wildman–Crippen MR) is 40.1 cm³/mol. The highest BCUT2D eigenvalue weighted by molar-refractivity contribution is 8.14. The molecule has 1 rings (SSSR count). The second-order valence-corrected chi connectivity index (χ2v) is 3.07. The Bertz CT molecular complexity index is 180. The third kappa shape index (κ3) is 1.91. The largest absolute Gasteiger partial charge is 0.481 e. The summed E-state index contributed by atoms with van der Waals surface area (Å²) in [4.78, 5) is 14.0. The quantitative estimate of drug-likeness (QED) is 0.591. The molecule has 1 unspecified atom stereocenters. The van der Waals surface area contributed by atoms with Crippen molar-refractivity contribution in [3.05, 3.63) is 0 Å². The van der Waals surface area contributed by atoms with Gasteiger partial charge in [0.2, 0.25) is 0 Å². The Kier molecular flexibility index (Phi) is 2.16. The highest BCUT2D eigenvalue weighted by atomic mass is 32.2. The van der Waals surface area contributed by atoms with Gasteiger partial charge in [0.1, 0.15) is 0 Å². The zero-order valence-electron chi connectivity index (χ0n) is 5.28. The maximum absolute atomic E-state index is 10.1. The van der Waals surface area contributed by atoms with E-state index >= 15 is 0 Å². The summed E-state index contributed by atoms with van der Waals surface area (Å²) in [5.41, 5.74) is 5.32. The van der Waals surface area contributed by atoms with Crippen molar-refractivity contribution in [1.82, 2.24) is 0 Å². The minimum absolute atomic E-state index is 0.0910. The zero-order valence-corrected chi connectivity index (χ0v) is 6.10. The van der Waals surface area contributed by atoms with Gasteiger partial charge < -0.3 is 10.8 Å². The first kappa shape index (κ1) is 7.40. The number of nitrogens with two attached hydrogens (primary N) is 1. The van der Waals surface area contributed by atoms with Crippen LogP contribution in [0.2, 0.25) is 0 Å². The molecule has 10 heavy (non-hydrogen) atoms. The van der Waals surface area contributed by atoms with E-state index in [2.05, 4.69) is 4.99 Å². The molecule has 3 N–H and O–H groups in total. The van der Waals surface area contributed by atoms with Gasteiger partial charge in [-0.3, -0.25) is 9.79 Å². The number of rotatable bonds is 2. The summed E-state index contributed by atoms with van der Waals surface area (Å²) in [5.74, 6) is -0.109. The smallest absolute Gasteiger partial charge is 0.305 e. The van der Waals surface area contributed by atoms with Gasteiger partial charge in [0, 0.05) is 5.75 Å². The van der Waals surface area contributed by atoms with Crippen molar-refractivity contribution >= 4 is 22.9 Å². The van der Waals surface area contributed by atoms with E-state index in [0.717, 1.165) is 0 Å². The molecule has 56 valence electrons. The lowest BCUT2D eigenvalue weighted by Crippen LogP contribution is -2.10. The number of hydrogen-bond donors (Lipinski definition) is 2. The fourth-order valence-electron chi connectivity index (χ4n) is 0.742. The van der Waals surface area contributed by atoms with Gasteiger partial charge >= 0.3 is 5.97 Å². The van der Waals surface area contributed by atoms with E-state index < -0.39 is 5.97 Å². The van der Waals surface area contributed by atoms with E-state index in [1.54, 1.807) is 0 Å². The van der Waals surface area contributed by atoms with Crippen LogP contribution < -0.4 is 5.73 Å². The van der Waals surface area contributed by atoms with Gasteiger partial charge in [-0.1, -0.05) is 11.8 Å². The van der Waals surface area contributed by atoms with Gasteiger partial charge in [-0.05, 0) is 0 Å². The SMILES string of the molecule is NC1=NC(CC(=O)O)CS1. The summed E-state index contributed by atoms with van der Waals surface area (Å²) in [6.45, 7) is 0. The third-order valence-electron chi connectivity index (χ3n) is 1.14. The Morgan fingerprint density at radius 1 is 2.00 bits per heavy atom. The van der Waals surface area contributed by atoms with Crippen LogP contribution in [-0.2, 0) is 4.79 Å². The van der Waals surface area contributed by atoms with Crippen molar-refractivity contribution < 1.29 is 9.90 Å². The summed E-state index contributed by atoms with van der Waals surface area (Å²) < 4.78 is 0. The van der Waals surface area contributed by atoms with Gasteiger partial charge in [0.25, 0.3) is 0 Å². The highest BCUT2D eigenvalue weighted by Gasteiger charge is 2.18. The van der Waals surface area contributed by atoms with E-state index in [9.17, 15) is 4.79 Å². The molecular formula is C5H8N2O2S. The molecule has 0 aromatic heterocycles. The molecule has 1 atom stereocenters. The van der Waals surface area contributed by atoms with Crippen molar-refractivity contribution in [2.24, 2.45) is 10.7 Å². The van der Waals surface area contributed by atoms with Crippen LogP contribution in [0.4, 0.5) is 0 Å². The van der Waals surface area contributed by atoms with Crippen LogP contribution in [0.3, 0.4) is 0 Å². The summed E-state index contributed by atoms with van der Waals surface area (Å²) >= 11 is 1.41. The number of nitrogens with zero attached hydrogens (tertiary/aromatic N) is 1. The topological polar surface area (TPSA) is 75.7 Å². The Morgan fingerprint density at radius 2 is 2.70 bits per heavy atom. The summed E-state index contributed by atoms with van der Waals surface area (Å²) in [6.07, 6.45) is 0.0910. The molecule has 4 nitrogen and oxygen atoms in total. The van der Waals surface area contributed by atoms with Crippen LogP contribution in [0, 0.1) is 0 Å². The van der Waals surface area contributed by atoms with E-state index in [1.807, 2.05) is 0 Å². The maximum atomic E-state index is 10.1. The second-order valence-electron chi connectivity index (χ2n) is 2.03. The van der Waals surface area contributed by atoms with Crippen LogP contribution in [0.1, 0.15) is 6.42 Å². The number of thioether (sulfide) groups is 1. The maximum Gasteiger partial charge on any atom is 0.305 e. The van der Waals surface area contributed by atoms with Crippen molar-refractivity contribution in [3.8, 4) is 0 Å². The molecule has 5 heteroatoms. The van der Waals surface area contributed by atoms with Crippen LogP contribution in [0.25, 0.3) is 0 Å². The number of carboxylic acid groups (broad SMARTS) is 1. The van der Waals surface area contributed by atoms with Gasteiger partial charge in [-0.2, -0.15) is 0 Å². The fraction of sp³-hybridized carbons (Fsp3) is 0.600. The monoisotopic (exact) mass is 160 g/mol. The molecule has 1 aliphatic heterocycles. The molecule has 0 fully saturated rings. The number of aliphatic carboxylic acids is 1. The van der Waals surface area contributed by atoms with E-state index in [1.165, 1.54) is 11.8 Å². The first-order valence-electron chi connectivity index (χ1n) is 2.86. The number of hydrogen-bond acceptors (Lipinski definition) is 4. The van der Waals surface area contributed by atoms with E-state index in [4.69, 9.17) is 10.8 Å². The molecule has 0 spiro atoms. The van der Waals surface area contributed by atoms with Crippen LogP contribution in [0.15, 0.2) is 4.99 Å². The normalized spacial score (nSPS) is 24.4. The highest BCUT2D eigenvalue weighted by Crippen LogP contribution is 2.16. The summed E-state index contributed by atoms with van der Waals surface area (Å²) in [6, 6.07) is -0.109. The van der Waals surface area contributed by atoms with Crippen molar-refractivity contribution in [2.45, 2.75) is 12.5 Å². The van der Waals surface area contributed by atoms with Crippen molar-refractivity contribution in [2.75, 3.05) is 5.75 Å². The van der Waals surface area contributed by atoms with Crippen LogP contribution >= 0.6 is 11.8 Å². The first-order valence-corrected chi connectivity index (χ1v) is 3.85. The number of amidine groups is 1. The number of carbonyl (C=O) groups is 1. The fourth-order valence-corrected chi connectivity index (χ4v) is 1.52. The Hall–Kier alpha value is -0.710. The van der Waals surface area contributed by atoms with E-state index in [-0.39, 0.29) is 12.5 Å². The lowest BCUT2D eigenvalue weighted by molar-refractivity contribution is -0.137. The molecule has 0 amide bonds. The Morgan fingerprint density at radius 3 is 3.10 bits per heavy atom. The molecule has 0 saturated carbocycles. The lowest BCUT2D eigenvalue weighted by Gasteiger charge is -1.97. The molecule has 0 saturated heterocycles. The van der Waals surface area contributed by atoms with Crippen LogP contribution in [-0.4, -0.2) is 28.0 Å². The molecular weight excluding hydrogens is 152 g/mol. The number of carboxylic acids is 1. The van der Waals surface area contributed by atoms with Gasteiger partial charge in [-0.25, -0.2) is 0 Å².